The number of hydrogen-bond acceptors (Lipinski definition) is 5. The van der Waals surface area contributed by atoms with Gasteiger partial charge in [0, 0.05) is 18.0 Å². The third-order valence-electron chi connectivity index (χ3n) is 2.92. The lowest BCUT2D eigenvalue weighted by Crippen LogP contribution is -2.25. The van der Waals surface area contributed by atoms with Crippen LogP contribution < -0.4 is 5.73 Å². The lowest BCUT2D eigenvalue weighted by Gasteiger charge is -2.16. The van der Waals surface area contributed by atoms with Gasteiger partial charge in [-0.3, -0.25) is 0 Å². The molecule has 3 nitrogen and oxygen atoms in total. The number of thioether (sulfide) groups is 1. The summed E-state index contributed by atoms with van der Waals surface area (Å²) in [4.78, 5) is 7.04. The number of fused-ring (bicyclic) bond motifs is 1. The highest BCUT2D eigenvalue weighted by Gasteiger charge is 2.05. The summed E-state index contributed by atoms with van der Waals surface area (Å²) in [5.41, 5.74) is 7.64. The van der Waals surface area contributed by atoms with Gasteiger partial charge in [0.05, 0.1) is 10.2 Å². The first-order chi connectivity index (χ1) is 8.72. The molecule has 1 aromatic heterocycles. The molecule has 0 unspecified atom stereocenters. The van der Waals surface area contributed by atoms with Crippen molar-refractivity contribution in [3.05, 3.63) is 18.2 Å². The Hall–Kier alpha value is -0.780. The van der Waals surface area contributed by atoms with E-state index in [4.69, 9.17) is 5.73 Å². The van der Waals surface area contributed by atoms with Crippen molar-refractivity contribution in [3.8, 4) is 0 Å². The number of benzene rings is 1. The molecule has 2 rings (SSSR count). The van der Waals surface area contributed by atoms with Crippen molar-refractivity contribution >= 4 is 39.0 Å². The number of aromatic nitrogens is 1. The first kappa shape index (κ1) is 13.6. The topological polar surface area (TPSA) is 42.2 Å². The fourth-order valence-electron chi connectivity index (χ4n) is 1.78. The average molecular weight is 281 g/mol. The lowest BCUT2D eigenvalue weighted by atomic mass is 10.3. The van der Waals surface area contributed by atoms with Crippen molar-refractivity contribution in [1.82, 2.24) is 9.88 Å². The van der Waals surface area contributed by atoms with Crippen molar-refractivity contribution in [2.75, 3.05) is 31.1 Å². The van der Waals surface area contributed by atoms with Crippen LogP contribution in [0, 0.1) is 0 Å². The van der Waals surface area contributed by atoms with E-state index in [9.17, 15) is 0 Å². The minimum absolute atomic E-state index is 0.811. The molecular formula is C13H19N3S2. The number of anilines is 1. The molecule has 2 N–H and O–H groups in total. The van der Waals surface area contributed by atoms with E-state index in [0.717, 1.165) is 40.9 Å². The Morgan fingerprint density at radius 3 is 2.83 bits per heavy atom. The molecule has 0 amide bonds. The molecule has 2 aromatic rings. The van der Waals surface area contributed by atoms with Gasteiger partial charge >= 0.3 is 0 Å². The zero-order valence-corrected chi connectivity index (χ0v) is 12.5. The summed E-state index contributed by atoms with van der Waals surface area (Å²) < 4.78 is 2.32. The zero-order valence-electron chi connectivity index (χ0n) is 10.8. The van der Waals surface area contributed by atoms with Crippen LogP contribution in [0.5, 0.6) is 0 Å². The van der Waals surface area contributed by atoms with Gasteiger partial charge in [-0.15, -0.1) is 11.3 Å². The standard InChI is InChI=1S/C13H19N3S2/c1-3-16(4-2)7-8-17-13-15-11-6-5-10(14)9-12(11)18-13/h5-6,9H,3-4,7-8,14H2,1-2H3. The van der Waals surface area contributed by atoms with E-state index in [2.05, 4.69) is 23.7 Å². The maximum absolute atomic E-state index is 5.77. The molecule has 0 fully saturated rings. The first-order valence-corrected chi connectivity index (χ1v) is 8.04. The van der Waals surface area contributed by atoms with Gasteiger partial charge in [-0.2, -0.15) is 0 Å². The van der Waals surface area contributed by atoms with Gasteiger partial charge < -0.3 is 10.6 Å². The third kappa shape index (κ3) is 3.37. The number of nitrogens with zero attached hydrogens (tertiary/aromatic N) is 2. The lowest BCUT2D eigenvalue weighted by molar-refractivity contribution is 0.324. The van der Waals surface area contributed by atoms with Crippen LogP contribution in [0.2, 0.25) is 0 Å². The van der Waals surface area contributed by atoms with E-state index in [1.54, 1.807) is 11.3 Å². The minimum Gasteiger partial charge on any atom is -0.399 e. The van der Waals surface area contributed by atoms with Crippen molar-refractivity contribution in [2.45, 2.75) is 18.2 Å². The molecule has 5 heteroatoms. The van der Waals surface area contributed by atoms with Gasteiger partial charge in [0.15, 0.2) is 4.34 Å². The molecule has 1 aromatic carbocycles. The first-order valence-electron chi connectivity index (χ1n) is 6.24. The van der Waals surface area contributed by atoms with Crippen LogP contribution in [0.1, 0.15) is 13.8 Å². The highest BCUT2D eigenvalue weighted by molar-refractivity contribution is 8.01. The molecule has 0 spiro atoms. The van der Waals surface area contributed by atoms with E-state index in [-0.39, 0.29) is 0 Å². The molecule has 0 aliphatic rings. The van der Waals surface area contributed by atoms with E-state index < -0.39 is 0 Å². The monoisotopic (exact) mass is 281 g/mol. The third-order valence-corrected chi connectivity index (χ3v) is 5.06. The van der Waals surface area contributed by atoms with E-state index in [1.807, 2.05) is 30.0 Å². The Bertz CT molecular complexity index is 506. The minimum atomic E-state index is 0.811. The van der Waals surface area contributed by atoms with E-state index in [1.165, 1.54) is 4.70 Å². The fraction of sp³-hybridized carbons (Fsp3) is 0.462. The van der Waals surface area contributed by atoms with Crippen molar-refractivity contribution < 1.29 is 0 Å². The summed E-state index contributed by atoms with van der Waals surface area (Å²) in [7, 11) is 0. The van der Waals surface area contributed by atoms with Gasteiger partial charge in [0.2, 0.25) is 0 Å². The van der Waals surface area contributed by atoms with Crippen LogP contribution in [0.15, 0.2) is 22.5 Å². The summed E-state index contributed by atoms with van der Waals surface area (Å²) in [5.74, 6) is 1.09. The van der Waals surface area contributed by atoms with Crippen molar-refractivity contribution in [2.24, 2.45) is 0 Å². The molecule has 1 heterocycles. The fourth-order valence-corrected chi connectivity index (χ4v) is 3.97. The molecule has 0 radical (unpaired) electrons. The summed E-state index contributed by atoms with van der Waals surface area (Å²) in [6, 6.07) is 5.91. The number of nitrogens with two attached hydrogens (primary N) is 1. The van der Waals surface area contributed by atoms with Gasteiger partial charge in [0.25, 0.3) is 0 Å². The summed E-state index contributed by atoms with van der Waals surface area (Å²) in [5, 5.41) is 0. The van der Waals surface area contributed by atoms with Crippen molar-refractivity contribution in [3.63, 3.8) is 0 Å². The Labute approximate surface area is 116 Å². The Balaban J connectivity index is 1.95. The molecule has 0 bridgehead atoms. The molecule has 0 atom stereocenters. The predicted octanol–water partition coefficient (Wildman–Crippen LogP) is 3.31. The number of hydrogen-bond donors (Lipinski definition) is 1. The van der Waals surface area contributed by atoms with Gasteiger partial charge in [0.1, 0.15) is 0 Å². The predicted molar refractivity (Wildman–Crippen MR) is 82.5 cm³/mol. The SMILES string of the molecule is CCN(CC)CCSc1nc2ccc(N)cc2s1. The van der Waals surface area contributed by atoms with E-state index in [0.29, 0.717) is 0 Å². The summed E-state index contributed by atoms with van der Waals surface area (Å²) in [6.45, 7) is 7.76. The molecule has 0 aliphatic carbocycles. The van der Waals surface area contributed by atoms with Gasteiger partial charge in [-0.05, 0) is 31.3 Å². The number of thiazole rings is 1. The Kier molecular flexibility index (Phi) is 4.86. The highest BCUT2D eigenvalue weighted by atomic mass is 32.2. The second-order valence-electron chi connectivity index (χ2n) is 4.08. The second-order valence-corrected chi connectivity index (χ2v) is 6.45. The van der Waals surface area contributed by atoms with Crippen LogP contribution >= 0.6 is 23.1 Å². The quantitative estimate of drug-likeness (QED) is 0.651. The smallest absolute Gasteiger partial charge is 0.151 e. The largest absolute Gasteiger partial charge is 0.399 e. The number of rotatable bonds is 6. The van der Waals surface area contributed by atoms with E-state index >= 15 is 0 Å². The number of nitrogen functional groups attached to an aromatic ring is 1. The molecule has 0 saturated carbocycles. The maximum atomic E-state index is 5.77. The molecule has 0 aliphatic heterocycles. The Morgan fingerprint density at radius 1 is 1.33 bits per heavy atom. The summed E-state index contributed by atoms with van der Waals surface area (Å²) in [6.07, 6.45) is 0. The Morgan fingerprint density at radius 2 is 2.11 bits per heavy atom. The second kappa shape index (κ2) is 6.41. The van der Waals surface area contributed by atoms with Gasteiger partial charge in [-0.1, -0.05) is 25.6 Å². The molecule has 18 heavy (non-hydrogen) atoms. The molecular weight excluding hydrogens is 262 g/mol. The maximum Gasteiger partial charge on any atom is 0.151 e. The molecule has 98 valence electrons. The van der Waals surface area contributed by atoms with Gasteiger partial charge in [-0.25, -0.2) is 4.98 Å². The van der Waals surface area contributed by atoms with Crippen LogP contribution in [0.3, 0.4) is 0 Å². The zero-order chi connectivity index (χ0) is 13.0. The van der Waals surface area contributed by atoms with Crippen LogP contribution in [-0.4, -0.2) is 35.3 Å². The van der Waals surface area contributed by atoms with Crippen molar-refractivity contribution in [1.29, 1.82) is 0 Å². The normalized spacial score (nSPS) is 11.5. The van der Waals surface area contributed by atoms with Crippen LogP contribution in [0.4, 0.5) is 5.69 Å². The molecule has 0 saturated heterocycles. The van der Waals surface area contributed by atoms with Crippen LogP contribution in [0.25, 0.3) is 10.2 Å². The summed E-state index contributed by atoms with van der Waals surface area (Å²) >= 11 is 3.57. The van der Waals surface area contributed by atoms with Crippen LogP contribution in [-0.2, 0) is 0 Å². The average Bonchev–Trinajstić information content (AvgIpc) is 2.76. The highest BCUT2D eigenvalue weighted by Crippen LogP contribution is 2.30.